The van der Waals surface area contributed by atoms with Gasteiger partial charge < -0.3 is 0 Å². The second-order valence-corrected chi connectivity index (χ2v) is 13.3. The first-order valence-electron chi connectivity index (χ1n) is 11.1. The third-order valence-corrected chi connectivity index (χ3v) is 5.32. The molecule has 0 heterocycles. The molecule has 0 aliphatic carbocycles. The van der Waals surface area contributed by atoms with E-state index >= 15 is 0 Å². The number of aryl methyl sites for hydroxylation is 2. The van der Waals surface area contributed by atoms with Gasteiger partial charge in [-0.05, 0) is 25.7 Å². The van der Waals surface area contributed by atoms with Gasteiger partial charge in [-0.25, -0.2) is 0 Å². The molecule has 4 aromatic carbocycles. The minimum absolute atomic E-state index is 0.631. The monoisotopic (exact) mass is 560 g/mol. The molecule has 32 heavy (non-hydrogen) atoms. The Bertz CT molecular complexity index is 974. The fraction of sp³-hybridized carbons (Fsp3) is 0.357. The molecule has 0 N–H and O–H groups in total. The third-order valence-electron chi connectivity index (χ3n) is 5.32. The fourth-order valence-corrected chi connectivity index (χ4v) is 3.50. The summed E-state index contributed by atoms with van der Waals surface area (Å²) in [5.74, 6) is 1.26. The van der Waals surface area contributed by atoms with Crippen LogP contribution < -0.4 is 0 Å². The van der Waals surface area contributed by atoms with Crippen LogP contribution in [0.15, 0.2) is 60.7 Å². The van der Waals surface area contributed by atoms with Gasteiger partial charge >= 0.3 is 37.9 Å². The molecule has 0 amide bonds. The Morgan fingerprint density at radius 2 is 1.03 bits per heavy atom. The zero-order valence-corrected chi connectivity index (χ0v) is 25.7. The van der Waals surface area contributed by atoms with E-state index in [0.29, 0.717) is 11.8 Å². The van der Waals surface area contributed by atoms with Crippen molar-refractivity contribution in [2.45, 2.75) is 66.5 Å². The van der Waals surface area contributed by atoms with Crippen molar-refractivity contribution >= 4 is 48.1 Å². The third kappa shape index (κ3) is 8.94. The molecule has 0 nitrogen and oxygen atoms in total. The van der Waals surface area contributed by atoms with Crippen LogP contribution in [0, 0.1) is 13.8 Å². The molecular weight excluding hydrogens is 527 g/mol. The maximum atomic E-state index is 4.93. The molecule has 0 saturated heterocycles. The topological polar surface area (TPSA) is 0 Å². The van der Waals surface area contributed by atoms with Gasteiger partial charge in [-0.1, -0.05) is 64.0 Å². The Morgan fingerprint density at radius 1 is 0.719 bits per heavy atom. The number of hydrogen-bond acceptors (Lipinski definition) is 0. The van der Waals surface area contributed by atoms with Crippen LogP contribution in [0.4, 0.5) is 0 Å². The molecule has 0 aromatic heterocycles. The van der Waals surface area contributed by atoms with Crippen LogP contribution in [0.5, 0.6) is 0 Å². The molecule has 0 saturated carbocycles. The summed E-state index contributed by atoms with van der Waals surface area (Å²) in [6.45, 7) is 17.6. The summed E-state index contributed by atoms with van der Waals surface area (Å²) in [6.07, 6.45) is 0. The van der Waals surface area contributed by atoms with Gasteiger partial charge in [-0.15, -0.1) is 69.1 Å². The van der Waals surface area contributed by atoms with Crippen molar-refractivity contribution in [1.82, 2.24) is 0 Å². The van der Waals surface area contributed by atoms with Gasteiger partial charge in [0, 0.05) is 9.52 Å². The standard InChI is InChI=1S/2C13H15.C2H6Si.2ClH.Zr/c2*1-9(2)12-7-11-6-4-5-10(3)13(11)8-12;1-3-2;;;/h2*4-9H,1-3H3;1-2H3;2*1H;/q2*-1;;;;+4/p-2. The van der Waals surface area contributed by atoms with Gasteiger partial charge in [0.2, 0.25) is 0 Å². The molecule has 170 valence electrons. The van der Waals surface area contributed by atoms with Crippen molar-refractivity contribution in [2.75, 3.05) is 0 Å². The number of hydrogen-bond donors (Lipinski definition) is 0. The normalized spacial score (nSPS) is 10.1. The quantitative estimate of drug-likeness (QED) is 0.168. The first-order chi connectivity index (χ1) is 15.2. The number of fused-ring (bicyclic) bond motifs is 2. The van der Waals surface area contributed by atoms with Crippen LogP contribution in [0.3, 0.4) is 0 Å². The van der Waals surface area contributed by atoms with E-state index in [0.717, 1.165) is 9.52 Å². The Morgan fingerprint density at radius 3 is 1.28 bits per heavy atom. The molecule has 4 aromatic rings. The van der Waals surface area contributed by atoms with E-state index in [1.165, 1.54) is 43.8 Å². The first kappa shape index (κ1) is 29.4. The van der Waals surface area contributed by atoms with Gasteiger partial charge in [0.05, 0.1) is 0 Å². The summed E-state index contributed by atoms with van der Waals surface area (Å²) in [5, 5.41) is 5.57. The Labute approximate surface area is 216 Å². The maximum absolute atomic E-state index is 4.93. The molecule has 2 radical (unpaired) electrons. The summed E-state index contributed by atoms with van der Waals surface area (Å²) >= 11 is -0.826. The Kier molecular flexibility index (Phi) is 14.0. The first-order valence-corrected chi connectivity index (χ1v) is 19.4. The molecule has 4 heteroatoms. The summed E-state index contributed by atoms with van der Waals surface area (Å²) < 4.78 is 0. The molecule has 4 rings (SSSR count). The van der Waals surface area contributed by atoms with Gasteiger partial charge in [-0.3, -0.25) is 0 Å². The minimum atomic E-state index is -0.826. The van der Waals surface area contributed by atoms with Crippen molar-refractivity contribution in [3.05, 3.63) is 82.9 Å². The summed E-state index contributed by atoms with van der Waals surface area (Å²) in [5.41, 5.74) is 5.66. The average Bonchev–Trinajstić information content (AvgIpc) is 3.36. The molecule has 0 aliphatic rings. The van der Waals surface area contributed by atoms with Crippen LogP contribution >= 0.6 is 17.0 Å². The van der Waals surface area contributed by atoms with Gasteiger partial charge in [0.25, 0.3) is 0 Å². The van der Waals surface area contributed by atoms with E-state index in [4.69, 9.17) is 17.0 Å². The van der Waals surface area contributed by atoms with Gasteiger partial charge in [0.1, 0.15) is 0 Å². The molecule has 0 unspecified atom stereocenters. The number of rotatable bonds is 2. The number of halogens is 2. The van der Waals surface area contributed by atoms with Crippen molar-refractivity contribution in [3.8, 4) is 0 Å². The SMILES string of the molecule is C[Si]C.Cc1cccc2[cH-]c(C(C)C)cc12.Cc1cccc2[cH-]c(C(C)C)cc12.[Cl][Zr+2][Cl]. The predicted octanol–water partition coefficient (Wildman–Crippen LogP) is 10.1. The second-order valence-electron chi connectivity index (χ2n) is 8.61. The fourth-order valence-electron chi connectivity index (χ4n) is 3.50. The summed E-state index contributed by atoms with van der Waals surface area (Å²) in [7, 11) is 11.0. The van der Waals surface area contributed by atoms with Crippen LogP contribution in [-0.4, -0.2) is 9.52 Å². The van der Waals surface area contributed by atoms with Crippen LogP contribution in [-0.2, 0) is 20.8 Å². The molecule has 0 atom stereocenters. The molecular formula is C28H36Cl2SiZr. The van der Waals surface area contributed by atoms with Gasteiger partial charge in [-0.2, -0.15) is 12.1 Å². The molecule has 0 bridgehead atoms. The predicted molar refractivity (Wildman–Crippen MR) is 146 cm³/mol. The van der Waals surface area contributed by atoms with E-state index in [9.17, 15) is 0 Å². The van der Waals surface area contributed by atoms with Crippen LogP contribution in [0.2, 0.25) is 13.1 Å². The Balaban J connectivity index is 0.000000258. The van der Waals surface area contributed by atoms with Crippen molar-refractivity contribution in [2.24, 2.45) is 0 Å². The molecule has 0 fully saturated rings. The second kappa shape index (κ2) is 15.3. The summed E-state index contributed by atoms with van der Waals surface area (Å²) in [6, 6.07) is 22.2. The number of benzene rings is 2. The molecule has 0 spiro atoms. The summed E-state index contributed by atoms with van der Waals surface area (Å²) in [4.78, 5) is 0. The van der Waals surface area contributed by atoms with Crippen LogP contribution in [0.25, 0.3) is 21.5 Å². The van der Waals surface area contributed by atoms with Crippen molar-refractivity contribution in [1.29, 1.82) is 0 Å². The van der Waals surface area contributed by atoms with Crippen LogP contribution in [0.1, 0.15) is 61.8 Å². The van der Waals surface area contributed by atoms with E-state index in [2.05, 4.69) is 115 Å². The average molecular weight is 563 g/mol. The Hall–Kier alpha value is -0.660. The van der Waals surface area contributed by atoms with E-state index in [-0.39, 0.29) is 0 Å². The van der Waals surface area contributed by atoms with Gasteiger partial charge in [0.15, 0.2) is 0 Å². The zero-order chi connectivity index (χ0) is 24.3. The van der Waals surface area contributed by atoms with E-state index in [1.54, 1.807) is 0 Å². The van der Waals surface area contributed by atoms with Crippen molar-refractivity contribution in [3.63, 3.8) is 0 Å². The van der Waals surface area contributed by atoms with Crippen molar-refractivity contribution < 1.29 is 20.8 Å². The molecule has 0 aliphatic heterocycles. The van der Waals surface area contributed by atoms with E-state index in [1.807, 2.05) is 0 Å². The van der Waals surface area contributed by atoms with E-state index < -0.39 is 20.8 Å². The zero-order valence-electron chi connectivity index (χ0n) is 20.7.